The Morgan fingerprint density at radius 1 is 1.23 bits per heavy atom. The smallest absolute Gasteiger partial charge is 0.113 e. The second-order valence-corrected chi connectivity index (χ2v) is 4.31. The molecule has 1 N–H and O–H groups in total. The topological polar surface area (TPSA) is 15.8 Å². The van der Waals surface area contributed by atoms with Gasteiger partial charge in [0, 0.05) is 5.02 Å². The quantitative estimate of drug-likeness (QED) is 0.725. The lowest BCUT2D eigenvalue weighted by Gasteiger charge is -1.94. The number of nitrogens with one attached hydrogen (secondary N) is 1. The highest BCUT2D eigenvalue weighted by atomic mass is 35.5. The molecule has 1 heterocycles. The van der Waals surface area contributed by atoms with Crippen molar-refractivity contribution >= 4 is 35.4 Å². The molecule has 0 atom stereocenters. The number of aromatic nitrogens is 1. The molecule has 1 aromatic heterocycles. The molecule has 0 radical (unpaired) electrons. The van der Waals surface area contributed by atoms with E-state index in [1.165, 1.54) is 11.5 Å². The third-order valence-corrected chi connectivity index (χ3v) is 3.15. The predicted molar refractivity (Wildman–Crippen MR) is 59.9 cm³/mol. The minimum Gasteiger partial charge on any atom is -0.301 e. The Kier molecular flexibility index (Phi) is 2.49. The van der Waals surface area contributed by atoms with Crippen LogP contribution in [0.4, 0.5) is 0 Å². The fourth-order valence-corrected chi connectivity index (χ4v) is 2.18. The highest BCUT2D eigenvalue weighted by molar-refractivity contribution is 7.71. The Hall–Kier alpha value is -0.640. The molecular weight excluding hydrogens is 222 g/mol. The Morgan fingerprint density at radius 3 is 2.46 bits per heavy atom. The number of hydrogen-bond acceptors (Lipinski definition) is 2. The summed E-state index contributed by atoms with van der Waals surface area (Å²) in [6.45, 7) is 0. The molecular formula is C9H6ClNS2. The summed E-state index contributed by atoms with van der Waals surface area (Å²) in [6.07, 6.45) is 0. The van der Waals surface area contributed by atoms with Crippen LogP contribution in [0.2, 0.25) is 5.02 Å². The zero-order chi connectivity index (χ0) is 9.26. The van der Waals surface area contributed by atoms with Gasteiger partial charge in [0.25, 0.3) is 0 Å². The van der Waals surface area contributed by atoms with Crippen molar-refractivity contribution in [1.29, 1.82) is 0 Å². The number of hydrogen-bond donors (Lipinski definition) is 1. The maximum Gasteiger partial charge on any atom is 0.113 e. The first-order chi connectivity index (χ1) is 6.25. The molecule has 13 heavy (non-hydrogen) atoms. The summed E-state index contributed by atoms with van der Waals surface area (Å²) < 4.78 is 3.78. The number of H-pyrrole nitrogens is 1. The first-order valence-electron chi connectivity index (χ1n) is 3.70. The Bertz CT molecular complexity index is 455. The first kappa shape index (κ1) is 8.94. The fraction of sp³-hybridized carbons (Fsp3) is 0. The monoisotopic (exact) mass is 227 g/mol. The van der Waals surface area contributed by atoms with Crippen LogP contribution in [0.1, 0.15) is 0 Å². The van der Waals surface area contributed by atoms with Crippen LogP contribution in [0.5, 0.6) is 0 Å². The molecule has 0 saturated carbocycles. The number of rotatable bonds is 1. The van der Waals surface area contributed by atoms with E-state index >= 15 is 0 Å². The Morgan fingerprint density at radius 2 is 1.92 bits per heavy atom. The minimum absolute atomic E-state index is 0.753. The van der Waals surface area contributed by atoms with Gasteiger partial charge in [-0.1, -0.05) is 47.5 Å². The van der Waals surface area contributed by atoms with Crippen LogP contribution in [0.15, 0.2) is 30.3 Å². The van der Waals surface area contributed by atoms with Gasteiger partial charge in [0.1, 0.15) is 4.64 Å². The van der Waals surface area contributed by atoms with Gasteiger partial charge in [0.2, 0.25) is 0 Å². The van der Waals surface area contributed by atoms with Gasteiger partial charge in [-0.3, -0.25) is 0 Å². The van der Waals surface area contributed by atoms with Crippen molar-refractivity contribution in [1.82, 2.24) is 4.37 Å². The Balaban J connectivity index is 2.47. The van der Waals surface area contributed by atoms with E-state index in [0.29, 0.717) is 0 Å². The Labute approximate surface area is 90.2 Å². The highest BCUT2D eigenvalue weighted by Crippen LogP contribution is 2.24. The maximum absolute atomic E-state index is 5.78. The van der Waals surface area contributed by atoms with Crippen molar-refractivity contribution < 1.29 is 0 Å². The van der Waals surface area contributed by atoms with Crippen LogP contribution in [0, 0.1) is 4.64 Å². The highest BCUT2D eigenvalue weighted by Gasteiger charge is 1.98. The number of benzene rings is 1. The van der Waals surface area contributed by atoms with Gasteiger partial charge in [-0.15, -0.1) is 0 Å². The van der Waals surface area contributed by atoms with Gasteiger partial charge in [0.15, 0.2) is 0 Å². The summed E-state index contributed by atoms with van der Waals surface area (Å²) in [7, 11) is 0. The van der Waals surface area contributed by atoms with Crippen LogP contribution in [-0.4, -0.2) is 4.37 Å². The van der Waals surface area contributed by atoms with Gasteiger partial charge in [-0.05, 0) is 23.8 Å². The lowest BCUT2D eigenvalue weighted by molar-refractivity contribution is 1.53. The van der Waals surface area contributed by atoms with Gasteiger partial charge in [0.05, 0.1) is 4.88 Å². The van der Waals surface area contributed by atoms with Crippen molar-refractivity contribution in [2.75, 3.05) is 0 Å². The summed E-state index contributed by atoms with van der Waals surface area (Å²) in [5.41, 5.74) is 1.14. The zero-order valence-corrected chi connectivity index (χ0v) is 8.97. The van der Waals surface area contributed by atoms with Gasteiger partial charge >= 0.3 is 0 Å². The second kappa shape index (κ2) is 3.62. The lowest BCUT2D eigenvalue weighted by atomic mass is 10.2. The molecule has 2 rings (SSSR count). The summed E-state index contributed by atoms with van der Waals surface area (Å²) in [5, 5.41) is 0.753. The number of aromatic amines is 1. The van der Waals surface area contributed by atoms with Gasteiger partial charge < -0.3 is 4.37 Å². The summed E-state index contributed by atoms with van der Waals surface area (Å²) in [6, 6.07) is 9.66. The third kappa shape index (κ3) is 1.99. The van der Waals surface area contributed by atoms with Crippen LogP contribution >= 0.6 is 35.4 Å². The van der Waals surface area contributed by atoms with E-state index in [9.17, 15) is 0 Å². The summed E-state index contributed by atoms with van der Waals surface area (Å²) in [5.74, 6) is 0. The molecule has 0 aliphatic rings. The van der Waals surface area contributed by atoms with E-state index in [0.717, 1.165) is 20.1 Å². The van der Waals surface area contributed by atoms with Gasteiger partial charge in [-0.25, -0.2) is 0 Å². The molecule has 0 aliphatic heterocycles. The lowest BCUT2D eigenvalue weighted by Crippen LogP contribution is -1.69. The van der Waals surface area contributed by atoms with E-state index in [2.05, 4.69) is 4.37 Å². The molecule has 0 fully saturated rings. The van der Waals surface area contributed by atoms with Crippen molar-refractivity contribution in [2.45, 2.75) is 0 Å². The molecule has 1 nitrogen and oxygen atoms in total. The van der Waals surface area contributed by atoms with Crippen LogP contribution in [0.3, 0.4) is 0 Å². The predicted octanol–water partition coefficient (Wildman–Crippen LogP) is 4.13. The SMILES string of the molecule is S=c1cc(-c2ccc(Cl)cc2)s[nH]1. The fourth-order valence-electron chi connectivity index (χ4n) is 1.04. The van der Waals surface area contributed by atoms with E-state index in [1.807, 2.05) is 30.3 Å². The molecule has 2 aromatic rings. The molecule has 0 amide bonds. The molecule has 4 heteroatoms. The van der Waals surface area contributed by atoms with Crippen LogP contribution in [-0.2, 0) is 0 Å². The third-order valence-electron chi connectivity index (χ3n) is 1.65. The molecule has 66 valence electrons. The average molecular weight is 228 g/mol. The summed E-state index contributed by atoms with van der Waals surface area (Å²) >= 11 is 12.3. The average Bonchev–Trinajstić information content (AvgIpc) is 2.53. The van der Waals surface area contributed by atoms with E-state index in [-0.39, 0.29) is 0 Å². The standard InChI is InChI=1S/C9H6ClNS2/c10-7-3-1-6(2-4-7)8-5-9(12)11-13-8/h1-5H,(H,11,12). The van der Waals surface area contributed by atoms with Crippen molar-refractivity contribution in [3.63, 3.8) is 0 Å². The van der Waals surface area contributed by atoms with Crippen molar-refractivity contribution in [2.24, 2.45) is 0 Å². The van der Waals surface area contributed by atoms with Crippen LogP contribution < -0.4 is 0 Å². The first-order valence-corrected chi connectivity index (χ1v) is 5.30. The van der Waals surface area contributed by atoms with Crippen molar-refractivity contribution in [3.05, 3.63) is 40.0 Å². The normalized spacial score (nSPS) is 10.2. The maximum atomic E-state index is 5.78. The van der Waals surface area contributed by atoms with Crippen LogP contribution in [0.25, 0.3) is 10.4 Å². The van der Waals surface area contributed by atoms with E-state index in [1.54, 1.807) is 0 Å². The van der Waals surface area contributed by atoms with Gasteiger partial charge in [-0.2, -0.15) is 0 Å². The summed E-state index contributed by atoms with van der Waals surface area (Å²) in [4.78, 5) is 1.14. The van der Waals surface area contributed by atoms with Crippen molar-refractivity contribution in [3.8, 4) is 10.4 Å². The molecule has 0 aliphatic carbocycles. The molecule has 0 unspecified atom stereocenters. The number of halogens is 1. The largest absolute Gasteiger partial charge is 0.301 e. The molecule has 0 saturated heterocycles. The molecule has 0 spiro atoms. The van der Waals surface area contributed by atoms with E-state index in [4.69, 9.17) is 23.8 Å². The second-order valence-electron chi connectivity index (χ2n) is 2.58. The minimum atomic E-state index is 0.753. The molecule has 0 bridgehead atoms. The zero-order valence-electron chi connectivity index (χ0n) is 6.58. The molecule has 1 aromatic carbocycles. The van der Waals surface area contributed by atoms with E-state index < -0.39 is 0 Å².